The SMILES string of the molecule is N#Cc1ccc(COC(=O)CCC2CCCC2)cc1. The maximum atomic E-state index is 11.6. The number of carbonyl (C=O) groups is 1. The number of rotatable bonds is 5. The minimum Gasteiger partial charge on any atom is -0.461 e. The van der Waals surface area contributed by atoms with Crippen molar-refractivity contribution in [2.24, 2.45) is 5.92 Å². The van der Waals surface area contributed by atoms with Crippen molar-refractivity contribution < 1.29 is 9.53 Å². The van der Waals surface area contributed by atoms with Crippen LogP contribution in [0, 0.1) is 17.2 Å². The van der Waals surface area contributed by atoms with E-state index in [1.54, 1.807) is 12.1 Å². The lowest BCUT2D eigenvalue weighted by Crippen LogP contribution is -2.06. The first-order chi connectivity index (χ1) is 9.28. The van der Waals surface area contributed by atoms with Crippen LogP contribution in [-0.4, -0.2) is 5.97 Å². The minimum atomic E-state index is -0.115. The van der Waals surface area contributed by atoms with Crippen LogP contribution in [0.4, 0.5) is 0 Å². The molecular formula is C16H19NO2. The maximum absolute atomic E-state index is 11.6. The molecule has 1 aromatic rings. The highest BCUT2D eigenvalue weighted by Gasteiger charge is 2.16. The van der Waals surface area contributed by atoms with Crippen molar-refractivity contribution in [3.63, 3.8) is 0 Å². The van der Waals surface area contributed by atoms with E-state index in [1.165, 1.54) is 25.7 Å². The van der Waals surface area contributed by atoms with Crippen molar-refractivity contribution in [1.29, 1.82) is 5.26 Å². The summed E-state index contributed by atoms with van der Waals surface area (Å²) >= 11 is 0. The van der Waals surface area contributed by atoms with Crippen LogP contribution in [0.2, 0.25) is 0 Å². The number of nitrogens with zero attached hydrogens (tertiary/aromatic N) is 1. The van der Waals surface area contributed by atoms with Crippen LogP contribution < -0.4 is 0 Å². The summed E-state index contributed by atoms with van der Waals surface area (Å²) in [6.45, 7) is 0.301. The quantitative estimate of drug-likeness (QED) is 0.758. The lowest BCUT2D eigenvalue weighted by Gasteiger charge is -2.08. The van der Waals surface area contributed by atoms with Gasteiger partial charge >= 0.3 is 5.97 Å². The van der Waals surface area contributed by atoms with Crippen LogP contribution in [0.25, 0.3) is 0 Å². The largest absolute Gasteiger partial charge is 0.461 e. The second-order valence-corrected chi connectivity index (χ2v) is 5.16. The maximum Gasteiger partial charge on any atom is 0.306 e. The monoisotopic (exact) mass is 257 g/mol. The first-order valence-corrected chi connectivity index (χ1v) is 6.92. The molecule has 0 aromatic heterocycles. The molecule has 0 N–H and O–H groups in total. The Bertz CT molecular complexity index is 453. The third kappa shape index (κ3) is 4.40. The molecule has 3 nitrogen and oxygen atoms in total. The number of ether oxygens (including phenoxy) is 1. The zero-order valence-corrected chi connectivity index (χ0v) is 11.1. The fraction of sp³-hybridized carbons (Fsp3) is 0.500. The summed E-state index contributed by atoms with van der Waals surface area (Å²) < 4.78 is 5.24. The van der Waals surface area contributed by atoms with E-state index in [4.69, 9.17) is 10.00 Å². The molecule has 0 radical (unpaired) electrons. The van der Waals surface area contributed by atoms with E-state index in [2.05, 4.69) is 6.07 Å². The topological polar surface area (TPSA) is 50.1 Å². The van der Waals surface area contributed by atoms with Crippen LogP contribution in [-0.2, 0) is 16.1 Å². The molecule has 0 saturated heterocycles. The molecule has 100 valence electrons. The number of benzene rings is 1. The Kier molecular flexibility index (Phi) is 4.97. The van der Waals surface area contributed by atoms with Gasteiger partial charge in [-0.3, -0.25) is 4.79 Å². The molecule has 1 aliphatic carbocycles. The molecule has 0 unspecified atom stereocenters. The van der Waals surface area contributed by atoms with Crippen LogP contribution >= 0.6 is 0 Å². The van der Waals surface area contributed by atoms with Crippen LogP contribution in [0.3, 0.4) is 0 Å². The smallest absolute Gasteiger partial charge is 0.306 e. The first kappa shape index (κ1) is 13.6. The molecule has 0 atom stereocenters. The van der Waals surface area contributed by atoms with Crippen LogP contribution in [0.15, 0.2) is 24.3 Å². The Morgan fingerprint density at radius 1 is 1.26 bits per heavy atom. The van der Waals surface area contributed by atoms with E-state index >= 15 is 0 Å². The summed E-state index contributed by atoms with van der Waals surface area (Å²) in [4.78, 5) is 11.6. The third-order valence-electron chi connectivity index (χ3n) is 3.71. The van der Waals surface area contributed by atoms with Crippen LogP contribution in [0.1, 0.15) is 49.7 Å². The number of esters is 1. The molecule has 3 heteroatoms. The molecule has 0 aliphatic heterocycles. The lowest BCUT2D eigenvalue weighted by atomic mass is 10.0. The molecule has 2 rings (SSSR count). The molecule has 1 aliphatic rings. The number of nitriles is 1. The van der Waals surface area contributed by atoms with Gasteiger partial charge in [0, 0.05) is 6.42 Å². The van der Waals surface area contributed by atoms with Crippen molar-refractivity contribution in [2.45, 2.75) is 45.1 Å². The van der Waals surface area contributed by atoms with E-state index in [1.807, 2.05) is 12.1 Å². The Hall–Kier alpha value is -1.82. The molecule has 19 heavy (non-hydrogen) atoms. The average molecular weight is 257 g/mol. The van der Waals surface area contributed by atoms with E-state index in [9.17, 15) is 4.79 Å². The zero-order valence-electron chi connectivity index (χ0n) is 11.1. The number of hydrogen-bond acceptors (Lipinski definition) is 3. The summed E-state index contributed by atoms with van der Waals surface area (Å²) in [7, 11) is 0. The Morgan fingerprint density at radius 3 is 2.58 bits per heavy atom. The van der Waals surface area contributed by atoms with E-state index in [0.29, 0.717) is 18.6 Å². The van der Waals surface area contributed by atoms with Gasteiger partial charge in [-0.05, 0) is 30.0 Å². The molecule has 0 spiro atoms. The van der Waals surface area contributed by atoms with Crippen molar-refractivity contribution in [1.82, 2.24) is 0 Å². The van der Waals surface area contributed by atoms with Crippen molar-refractivity contribution in [2.75, 3.05) is 0 Å². The Labute approximate surface area is 114 Å². The molecule has 0 bridgehead atoms. The van der Waals surface area contributed by atoms with Gasteiger partial charge in [-0.25, -0.2) is 0 Å². The number of hydrogen-bond donors (Lipinski definition) is 0. The highest BCUT2D eigenvalue weighted by molar-refractivity contribution is 5.69. The first-order valence-electron chi connectivity index (χ1n) is 6.92. The van der Waals surface area contributed by atoms with Crippen LogP contribution in [0.5, 0.6) is 0 Å². The normalized spacial score (nSPS) is 15.1. The summed E-state index contributed by atoms with van der Waals surface area (Å²) in [6, 6.07) is 9.18. The second kappa shape index (κ2) is 6.94. The van der Waals surface area contributed by atoms with Gasteiger partial charge in [0.25, 0.3) is 0 Å². The van der Waals surface area contributed by atoms with Gasteiger partial charge in [0.05, 0.1) is 11.6 Å². The Morgan fingerprint density at radius 2 is 1.95 bits per heavy atom. The summed E-state index contributed by atoms with van der Waals surface area (Å²) in [5.41, 5.74) is 1.55. The van der Waals surface area contributed by atoms with E-state index in [-0.39, 0.29) is 5.97 Å². The minimum absolute atomic E-state index is 0.115. The van der Waals surface area contributed by atoms with Gasteiger partial charge in [-0.2, -0.15) is 5.26 Å². The van der Waals surface area contributed by atoms with Crippen molar-refractivity contribution in [3.8, 4) is 6.07 Å². The molecule has 1 saturated carbocycles. The lowest BCUT2D eigenvalue weighted by molar-refractivity contribution is -0.145. The van der Waals surface area contributed by atoms with Gasteiger partial charge < -0.3 is 4.74 Å². The predicted octanol–water partition coefficient (Wildman–Crippen LogP) is 3.57. The summed E-state index contributed by atoms with van der Waals surface area (Å²) in [5, 5.41) is 8.69. The second-order valence-electron chi connectivity index (χ2n) is 5.16. The van der Waals surface area contributed by atoms with Crippen molar-refractivity contribution >= 4 is 5.97 Å². The van der Waals surface area contributed by atoms with Gasteiger partial charge in [-0.1, -0.05) is 37.8 Å². The van der Waals surface area contributed by atoms with Gasteiger partial charge in [0.2, 0.25) is 0 Å². The fourth-order valence-corrected chi connectivity index (χ4v) is 2.53. The summed E-state index contributed by atoms with van der Waals surface area (Å²) in [6.07, 6.45) is 6.65. The molecule has 1 aromatic carbocycles. The standard InChI is InChI=1S/C16H19NO2/c17-11-14-5-7-15(8-6-14)12-19-16(18)10-9-13-3-1-2-4-13/h5-8,13H,1-4,9-10,12H2. The highest BCUT2D eigenvalue weighted by atomic mass is 16.5. The van der Waals surface area contributed by atoms with Gasteiger partial charge in [0.1, 0.15) is 6.61 Å². The van der Waals surface area contributed by atoms with Gasteiger partial charge in [0.15, 0.2) is 0 Å². The average Bonchev–Trinajstić information content (AvgIpc) is 2.96. The zero-order chi connectivity index (χ0) is 13.5. The Balaban J connectivity index is 1.69. The van der Waals surface area contributed by atoms with E-state index in [0.717, 1.165) is 17.9 Å². The molecule has 0 heterocycles. The molecule has 1 fully saturated rings. The molecule has 0 amide bonds. The van der Waals surface area contributed by atoms with Gasteiger partial charge in [-0.15, -0.1) is 0 Å². The highest BCUT2D eigenvalue weighted by Crippen LogP contribution is 2.28. The number of carbonyl (C=O) groups excluding carboxylic acids is 1. The van der Waals surface area contributed by atoms with E-state index < -0.39 is 0 Å². The third-order valence-corrected chi connectivity index (χ3v) is 3.71. The summed E-state index contributed by atoms with van der Waals surface area (Å²) in [5.74, 6) is 0.610. The molecular weight excluding hydrogens is 238 g/mol. The predicted molar refractivity (Wildman–Crippen MR) is 72.1 cm³/mol. The van der Waals surface area contributed by atoms with Crippen molar-refractivity contribution in [3.05, 3.63) is 35.4 Å². The fourth-order valence-electron chi connectivity index (χ4n) is 2.53.